The minimum Gasteiger partial charge on any atom is -0.465 e. The minimum atomic E-state index is -1.13. The summed E-state index contributed by atoms with van der Waals surface area (Å²) < 4.78 is 13.0. The minimum absolute atomic E-state index is 0.195. The average molecular weight is 315 g/mol. The highest BCUT2D eigenvalue weighted by Crippen LogP contribution is 2.26. The standard InChI is InChI=1S/C16H14FN3O3/c1-20(16(22)23)15-18-12-7-4-10(8-13(12)19-15)14(21)9-2-5-11(17)6-3-9/h2-8,14,21H,1H3,(H,18,19)(H,22,23). The summed E-state index contributed by atoms with van der Waals surface area (Å²) >= 11 is 0. The number of halogens is 1. The Balaban J connectivity index is 1.96. The van der Waals surface area contributed by atoms with Crippen molar-refractivity contribution in [2.24, 2.45) is 0 Å². The molecule has 0 spiro atoms. The summed E-state index contributed by atoms with van der Waals surface area (Å²) in [5.74, 6) is -0.174. The first-order chi connectivity index (χ1) is 11.0. The first-order valence-corrected chi connectivity index (χ1v) is 6.85. The summed E-state index contributed by atoms with van der Waals surface area (Å²) in [7, 11) is 1.38. The van der Waals surface area contributed by atoms with Crippen molar-refractivity contribution in [3.05, 3.63) is 59.4 Å². The number of aliphatic hydroxyl groups excluding tert-OH is 1. The van der Waals surface area contributed by atoms with Crippen LogP contribution in [0.25, 0.3) is 11.0 Å². The van der Waals surface area contributed by atoms with E-state index >= 15 is 0 Å². The zero-order valence-electron chi connectivity index (χ0n) is 12.2. The van der Waals surface area contributed by atoms with Crippen molar-refractivity contribution in [1.29, 1.82) is 0 Å². The summed E-state index contributed by atoms with van der Waals surface area (Å²) in [6, 6.07) is 10.7. The topological polar surface area (TPSA) is 89.5 Å². The van der Waals surface area contributed by atoms with Gasteiger partial charge in [-0.05, 0) is 35.4 Å². The number of imidazole rings is 1. The van der Waals surface area contributed by atoms with Crippen molar-refractivity contribution < 1.29 is 19.4 Å². The fraction of sp³-hybridized carbons (Fsp3) is 0.125. The molecule has 0 bridgehead atoms. The van der Waals surface area contributed by atoms with Crippen LogP contribution in [0.5, 0.6) is 0 Å². The Morgan fingerprint density at radius 1 is 1.22 bits per heavy atom. The number of amides is 1. The Kier molecular flexibility index (Phi) is 3.71. The molecule has 0 fully saturated rings. The van der Waals surface area contributed by atoms with Crippen LogP contribution >= 0.6 is 0 Å². The highest BCUT2D eigenvalue weighted by atomic mass is 19.1. The van der Waals surface area contributed by atoms with E-state index in [4.69, 9.17) is 5.11 Å². The third kappa shape index (κ3) is 2.86. The van der Waals surface area contributed by atoms with Crippen LogP contribution in [0.3, 0.4) is 0 Å². The Morgan fingerprint density at radius 3 is 2.52 bits per heavy atom. The van der Waals surface area contributed by atoms with Crippen LogP contribution in [-0.2, 0) is 0 Å². The number of carboxylic acid groups (broad SMARTS) is 1. The van der Waals surface area contributed by atoms with Gasteiger partial charge >= 0.3 is 6.09 Å². The van der Waals surface area contributed by atoms with Crippen molar-refractivity contribution in [3.8, 4) is 0 Å². The molecule has 0 radical (unpaired) electrons. The van der Waals surface area contributed by atoms with Gasteiger partial charge in [0.05, 0.1) is 11.0 Å². The van der Waals surface area contributed by atoms with Gasteiger partial charge in [-0.15, -0.1) is 0 Å². The molecule has 3 rings (SSSR count). The number of rotatable bonds is 3. The zero-order valence-corrected chi connectivity index (χ0v) is 12.2. The van der Waals surface area contributed by atoms with Crippen molar-refractivity contribution in [2.75, 3.05) is 11.9 Å². The maximum atomic E-state index is 13.0. The van der Waals surface area contributed by atoms with Crippen molar-refractivity contribution in [2.45, 2.75) is 6.10 Å². The van der Waals surface area contributed by atoms with Gasteiger partial charge in [0.2, 0.25) is 5.95 Å². The van der Waals surface area contributed by atoms with Gasteiger partial charge in [0.15, 0.2) is 0 Å². The molecule has 2 aromatic carbocycles. The van der Waals surface area contributed by atoms with E-state index in [2.05, 4.69) is 9.97 Å². The lowest BCUT2D eigenvalue weighted by molar-refractivity contribution is 0.203. The average Bonchev–Trinajstić information content (AvgIpc) is 2.97. The molecule has 1 unspecified atom stereocenters. The molecular weight excluding hydrogens is 301 g/mol. The van der Waals surface area contributed by atoms with E-state index in [1.807, 2.05) is 0 Å². The Bertz CT molecular complexity index is 861. The predicted octanol–water partition coefficient (Wildman–Crippen LogP) is 2.90. The molecule has 0 aliphatic rings. The molecule has 118 valence electrons. The second-order valence-corrected chi connectivity index (χ2v) is 5.13. The molecule has 1 amide bonds. The van der Waals surface area contributed by atoms with E-state index in [1.165, 1.54) is 31.3 Å². The molecule has 3 N–H and O–H groups in total. The number of H-pyrrole nitrogens is 1. The third-order valence-electron chi connectivity index (χ3n) is 3.60. The second kappa shape index (κ2) is 5.69. The number of hydrogen-bond donors (Lipinski definition) is 3. The maximum absolute atomic E-state index is 13.0. The molecule has 1 aromatic heterocycles. The van der Waals surface area contributed by atoms with Crippen LogP contribution in [-0.4, -0.2) is 33.3 Å². The number of anilines is 1. The molecule has 6 nitrogen and oxygen atoms in total. The normalized spacial score (nSPS) is 12.3. The second-order valence-electron chi connectivity index (χ2n) is 5.13. The first kappa shape index (κ1) is 15.0. The fourth-order valence-corrected chi connectivity index (χ4v) is 2.27. The molecule has 1 heterocycles. The Labute approximate surface area is 130 Å². The summed E-state index contributed by atoms with van der Waals surface area (Å²) in [5.41, 5.74) is 2.35. The van der Waals surface area contributed by atoms with Crippen LogP contribution < -0.4 is 4.90 Å². The quantitative estimate of drug-likeness (QED) is 0.693. The number of fused-ring (bicyclic) bond motifs is 1. The third-order valence-corrected chi connectivity index (χ3v) is 3.60. The van der Waals surface area contributed by atoms with E-state index in [0.29, 0.717) is 22.2 Å². The van der Waals surface area contributed by atoms with Gasteiger partial charge in [-0.3, -0.25) is 4.90 Å². The van der Waals surface area contributed by atoms with Crippen LogP contribution in [0.15, 0.2) is 42.5 Å². The number of nitrogens with zero attached hydrogens (tertiary/aromatic N) is 2. The van der Waals surface area contributed by atoms with Gasteiger partial charge in [0.1, 0.15) is 11.9 Å². The van der Waals surface area contributed by atoms with E-state index in [-0.39, 0.29) is 11.8 Å². The number of carbonyl (C=O) groups is 1. The van der Waals surface area contributed by atoms with E-state index < -0.39 is 12.2 Å². The van der Waals surface area contributed by atoms with Crippen molar-refractivity contribution in [1.82, 2.24) is 9.97 Å². The number of aromatic nitrogens is 2. The van der Waals surface area contributed by atoms with Gasteiger partial charge in [0, 0.05) is 7.05 Å². The monoisotopic (exact) mass is 315 g/mol. The van der Waals surface area contributed by atoms with Gasteiger partial charge in [-0.2, -0.15) is 0 Å². The van der Waals surface area contributed by atoms with Crippen molar-refractivity contribution >= 4 is 23.1 Å². The molecule has 7 heteroatoms. The van der Waals surface area contributed by atoms with E-state index in [9.17, 15) is 14.3 Å². The maximum Gasteiger partial charge on any atom is 0.413 e. The lowest BCUT2D eigenvalue weighted by Crippen LogP contribution is -2.24. The summed E-state index contributed by atoms with van der Waals surface area (Å²) in [4.78, 5) is 19.0. The SMILES string of the molecule is CN(C(=O)O)c1nc2ccc(C(O)c3ccc(F)cc3)cc2[nH]1. The fourth-order valence-electron chi connectivity index (χ4n) is 2.27. The number of aliphatic hydroxyl groups is 1. The van der Waals surface area contributed by atoms with Gasteiger partial charge in [-0.25, -0.2) is 14.2 Å². The Hall–Kier alpha value is -2.93. The number of nitrogens with one attached hydrogen (secondary N) is 1. The molecule has 0 aliphatic heterocycles. The van der Waals surface area contributed by atoms with Crippen molar-refractivity contribution in [3.63, 3.8) is 0 Å². The van der Waals surface area contributed by atoms with Crippen LogP contribution in [0, 0.1) is 5.82 Å². The van der Waals surface area contributed by atoms with E-state index in [1.54, 1.807) is 18.2 Å². The highest BCUT2D eigenvalue weighted by molar-refractivity contribution is 5.87. The van der Waals surface area contributed by atoms with Crippen LogP contribution in [0.1, 0.15) is 17.2 Å². The smallest absolute Gasteiger partial charge is 0.413 e. The highest BCUT2D eigenvalue weighted by Gasteiger charge is 2.15. The van der Waals surface area contributed by atoms with Crippen LogP contribution in [0.4, 0.5) is 15.1 Å². The summed E-state index contributed by atoms with van der Waals surface area (Å²) in [6.45, 7) is 0. The molecule has 1 atom stereocenters. The molecule has 3 aromatic rings. The van der Waals surface area contributed by atoms with Gasteiger partial charge in [-0.1, -0.05) is 18.2 Å². The summed E-state index contributed by atoms with van der Waals surface area (Å²) in [5, 5.41) is 19.4. The largest absolute Gasteiger partial charge is 0.465 e. The number of hydrogen-bond acceptors (Lipinski definition) is 3. The lowest BCUT2D eigenvalue weighted by atomic mass is 10.0. The van der Waals surface area contributed by atoms with Crippen LogP contribution in [0.2, 0.25) is 0 Å². The summed E-state index contributed by atoms with van der Waals surface area (Å²) in [6.07, 6.45) is -2.04. The van der Waals surface area contributed by atoms with Gasteiger partial charge in [0.25, 0.3) is 0 Å². The zero-order chi connectivity index (χ0) is 16.6. The van der Waals surface area contributed by atoms with Gasteiger partial charge < -0.3 is 15.2 Å². The molecular formula is C16H14FN3O3. The Morgan fingerprint density at radius 2 is 1.87 bits per heavy atom. The first-order valence-electron chi connectivity index (χ1n) is 6.85. The molecule has 0 saturated carbocycles. The molecule has 23 heavy (non-hydrogen) atoms. The number of aromatic amines is 1. The predicted molar refractivity (Wildman–Crippen MR) is 83.0 cm³/mol. The lowest BCUT2D eigenvalue weighted by Gasteiger charge is -2.11. The molecule has 0 saturated heterocycles. The molecule has 0 aliphatic carbocycles. The number of benzene rings is 2. The van der Waals surface area contributed by atoms with E-state index in [0.717, 1.165) is 4.90 Å².